The lowest BCUT2D eigenvalue weighted by molar-refractivity contribution is 0.0869. The summed E-state index contributed by atoms with van der Waals surface area (Å²) in [6, 6.07) is 5.07. The maximum atomic E-state index is 13.3. The zero-order valence-electron chi connectivity index (χ0n) is 30.9. The fourth-order valence-corrected chi connectivity index (χ4v) is 6.83. The Bertz CT molecular complexity index is 849. The van der Waals surface area contributed by atoms with E-state index in [4.69, 9.17) is 23.2 Å². The summed E-state index contributed by atoms with van der Waals surface area (Å²) in [5.41, 5.74) is 0.518. The molecule has 4 heteroatoms. The van der Waals surface area contributed by atoms with Gasteiger partial charge in [0, 0.05) is 28.0 Å². The third-order valence-corrected chi connectivity index (χ3v) is 9.76. The summed E-state index contributed by atoms with van der Waals surface area (Å²) in [5.74, 6) is -0.0937. The number of allylic oxidation sites excluding steroid dienone is 2. The van der Waals surface area contributed by atoms with Gasteiger partial charge in [0.05, 0.1) is 0 Å². The van der Waals surface area contributed by atoms with Crippen LogP contribution in [0.15, 0.2) is 42.8 Å². The summed E-state index contributed by atoms with van der Waals surface area (Å²) in [6.07, 6.45) is 48.4. The molecule has 0 aliphatic heterocycles. The van der Waals surface area contributed by atoms with Gasteiger partial charge >= 0.3 is 0 Å². The quantitative estimate of drug-likeness (QED) is 0.0672. The van der Waals surface area contributed by atoms with Crippen molar-refractivity contribution in [3.63, 3.8) is 0 Å². The van der Waals surface area contributed by atoms with Gasteiger partial charge in [-0.2, -0.15) is 0 Å². The minimum absolute atomic E-state index is 0.0937. The first kappa shape index (κ1) is 43.8. The number of amides is 1. The van der Waals surface area contributed by atoms with E-state index in [0.717, 1.165) is 12.8 Å². The number of rotatable bonds is 33. The van der Waals surface area contributed by atoms with Crippen LogP contribution in [0.25, 0.3) is 0 Å². The Morgan fingerprint density at radius 1 is 0.468 bits per heavy atom. The van der Waals surface area contributed by atoms with Gasteiger partial charge in [0.15, 0.2) is 0 Å². The van der Waals surface area contributed by atoms with Crippen LogP contribution in [-0.4, -0.2) is 10.8 Å². The number of carbonyl (C=O) groups is 1. The maximum Gasteiger partial charge on any atom is 0.261 e. The number of hydrogen-bond donors (Lipinski definition) is 0. The van der Waals surface area contributed by atoms with E-state index in [1.807, 2.05) is 12.4 Å². The molecule has 1 aromatic carbocycles. The lowest BCUT2D eigenvalue weighted by atomic mass is 10.0. The minimum atomic E-state index is -0.0937. The van der Waals surface area contributed by atoms with Gasteiger partial charge in [-0.05, 0) is 43.9 Å². The largest absolute Gasteiger partial charge is 0.291 e. The van der Waals surface area contributed by atoms with Crippen molar-refractivity contribution in [1.29, 1.82) is 0 Å². The molecule has 0 bridgehead atoms. The van der Waals surface area contributed by atoms with E-state index in [0.29, 0.717) is 15.6 Å². The second kappa shape index (κ2) is 33.3. The highest BCUT2D eigenvalue weighted by Gasteiger charge is 2.13. The zero-order chi connectivity index (χ0) is 34.0. The van der Waals surface area contributed by atoms with Crippen molar-refractivity contribution in [2.75, 3.05) is 0 Å². The van der Waals surface area contributed by atoms with Gasteiger partial charge in [-0.1, -0.05) is 216 Å². The van der Waals surface area contributed by atoms with Crippen LogP contribution in [-0.2, 0) is 0 Å². The second-order valence-electron chi connectivity index (χ2n) is 13.9. The number of hydrogen-bond acceptors (Lipinski definition) is 1. The van der Waals surface area contributed by atoms with Crippen molar-refractivity contribution in [3.8, 4) is 0 Å². The van der Waals surface area contributed by atoms with Crippen molar-refractivity contribution in [3.05, 3.63) is 58.4 Å². The molecule has 0 spiro atoms. The monoisotopic (exact) mass is 690 g/mol. The van der Waals surface area contributed by atoms with Crippen LogP contribution >= 0.6 is 23.2 Å². The second-order valence-corrected chi connectivity index (χ2v) is 14.8. The maximum absolute atomic E-state index is 13.3. The van der Waals surface area contributed by atoms with E-state index in [-0.39, 0.29) is 5.91 Å². The molecule has 47 heavy (non-hydrogen) atoms. The number of carbonyl (C=O) groups excluding carboxylic acids is 1. The standard InChI is InChI=1S/C43H73Cl2NO/c1-3-5-7-9-11-13-15-17-19-21-23-25-27-29-31-33-35-46(43(47)40-37-41(44)39-42(45)38-40)36-34-32-30-28-26-24-22-20-18-16-14-12-10-8-6-4-2/h33-39H,3-32H2,1-2H3. The van der Waals surface area contributed by atoms with E-state index in [1.165, 1.54) is 180 Å². The normalized spacial score (nSPS) is 11.7. The molecule has 2 nitrogen and oxygen atoms in total. The van der Waals surface area contributed by atoms with Gasteiger partial charge in [-0.25, -0.2) is 0 Å². The number of halogens is 2. The third-order valence-electron chi connectivity index (χ3n) is 9.32. The van der Waals surface area contributed by atoms with E-state index in [9.17, 15) is 4.79 Å². The Balaban J connectivity index is 2.25. The average molecular weight is 691 g/mol. The molecule has 0 N–H and O–H groups in total. The Kier molecular flexibility index (Phi) is 31.0. The van der Waals surface area contributed by atoms with Gasteiger partial charge in [0.1, 0.15) is 0 Å². The summed E-state index contributed by atoms with van der Waals surface area (Å²) < 4.78 is 0. The van der Waals surface area contributed by atoms with Crippen molar-refractivity contribution in [1.82, 2.24) is 4.90 Å². The van der Waals surface area contributed by atoms with Crippen LogP contribution in [0.5, 0.6) is 0 Å². The third kappa shape index (κ3) is 27.3. The molecule has 1 aromatic rings. The van der Waals surface area contributed by atoms with E-state index in [1.54, 1.807) is 23.1 Å². The summed E-state index contributed by atoms with van der Waals surface area (Å²) in [5, 5.41) is 0.970. The Morgan fingerprint density at radius 3 is 1.04 bits per heavy atom. The van der Waals surface area contributed by atoms with E-state index in [2.05, 4.69) is 26.0 Å². The van der Waals surface area contributed by atoms with Crippen LogP contribution < -0.4 is 0 Å². The smallest absolute Gasteiger partial charge is 0.261 e. The van der Waals surface area contributed by atoms with Crippen molar-refractivity contribution in [2.24, 2.45) is 0 Å². The number of nitrogens with zero attached hydrogens (tertiary/aromatic N) is 1. The molecule has 1 rings (SSSR count). The number of unbranched alkanes of at least 4 members (excludes halogenated alkanes) is 28. The van der Waals surface area contributed by atoms with Crippen LogP contribution in [0, 0.1) is 0 Å². The lowest BCUT2D eigenvalue weighted by Crippen LogP contribution is -2.20. The molecule has 0 heterocycles. The summed E-state index contributed by atoms with van der Waals surface area (Å²) >= 11 is 12.4. The van der Waals surface area contributed by atoms with Gasteiger partial charge in [0.2, 0.25) is 0 Å². The molecule has 0 radical (unpaired) electrons. The first-order valence-electron chi connectivity index (χ1n) is 20.2. The molecular weight excluding hydrogens is 617 g/mol. The summed E-state index contributed by atoms with van der Waals surface area (Å²) in [7, 11) is 0. The highest BCUT2D eigenvalue weighted by atomic mass is 35.5. The molecule has 1 amide bonds. The van der Waals surface area contributed by atoms with Crippen LogP contribution in [0.3, 0.4) is 0 Å². The Morgan fingerprint density at radius 2 is 0.745 bits per heavy atom. The molecule has 0 atom stereocenters. The molecule has 270 valence electrons. The topological polar surface area (TPSA) is 20.3 Å². The number of benzene rings is 1. The van der Waals surface area contributed by atoms with Crippen molar-refractivity contribution < 1.29 is 4.79 Å². The van der Waals surface area contributed by atoms with Crippen LogP contribution in [0.2, 0.25) is 10.0 Å². The van der Waals surface area contributed by atoms with Crippen molar-refractivity contribution >= 4 is 29.1 Å². The molecule has 0 unspecified atom stereocenters. The average Bonchev–Trinajstić information content (AvgIpc) is 3.06. The highest BCUT2D eigenvalue weighted by Crippen LogP contribution is 2.21. The first-order chi connectivity index (χ1) is 23.1. The highest BCUT2D eigenvalue weighted by molar-refractivity contribution is 6.35. The van der Waals surface area contributed by atoms with Crippen molar-refractivity contribution in [2.45, 2.75) is 206 Å². The van der Waals surface area contributed by atoms with Gasteiger partial charge in [0.25, 0.3) is 5.91 Å². The van der Waals surface area contributed by atoms with Gasteiger partial charge in [-0.15, -0.1) is 0 Å². The molecule has 0 aromatic heterocycles. The molecular formula is C43H73Cl2NO. The molecule has 0 fully saturated rings. The molecule has 0 aliphatic carbocycles. The lowest BCUT2D eigenvalue weighted by Gasteiger charge is -2.14. The fraction of sp³-hybridized carbons (Fsp3) is 0.744. The van der Waals surface area contributed by atoms with Crippen LogP contribution in [0.1, 0.15) is 217 Å². The predicted octanol–water partition coefficient (Wildman–Crippen LogP) is 16.2. The molecule has 0 aliphatic rings. The summed E-state index contributed by atoms with van der Waals surface area (Å²) in [4.78, 5) is 15.0. The first-order valence-corrected chi connectivity index (χ1v) is 21.0. The van der Waals surface area contributed by atoms with Crippen LogP contribution in [0.4, 0.5) is 0 Å². The summed E-state index contributed by atoms with van der Waals surface area (Å²) in [6.45, 7) is 4.57. The Labute approximate surface area is 302 Å². The molecule has 0 saturated heterocycles. The van der Waals surface area contributed by atoms with Gasteiger partial charge < -0.3 is 0 Å². The zero-order valence-corrected chi connectivity index (χ0v) is 32.4. The van der Waals surface area contributed by atoms with E-state index >= 15 is 0 Å². The predicted molar refractivity (Wildman–Crippen MR) is 211 cm³/mol. The minimum Gasteiger partial charge on any atom is -0.291 e. The molecule has 0 saturated carbocycles. The Hall–Kier alpha value is -1.25. The fourth-order valence-electron chi connectivity index (χ4n) is 6.30. The van der Waals surface area contributed by atoms with Gasteiger partial charge in [-0.3, -0.25) is 9.69 Å². The van der Waals surface area contributed by atoms with E-state index < -0.39 is 0 Å². The SMILES string of the molecule is CCCCCCCCCCCCCCCCC=CN(C=CCCCCCCCCCCCCCCCC)C(=O)c1cc(Cl)cc(Cl)c1.